The second kappa shape index (κ2) is 4.74. The molecule has 0 aliphatic heterocycles. The molecule has 0 radical (unpaired) electrons. The van der Waals surface area contributed by atoms with E-state index < -0.39 is 23.0 Å². The van der Waals surface area contributed by atoms with Crippen LogP contribution in [0.4, 0.5) is 0 Å². The van der Waals surface area contributed by atoms with Crippen LogP contribution in [-0.4, -0.2) is 26.0 Å². The molecule has 0 saturated heterocycles. The topological polar surface area (TPSA) is 92.4 Å². The summed E-state index contributed by atoms with van der Waals surface area (Å²) >= 11 is 5.81. The number of hydrogen-bond donors (Lipinski definition) is 2. The fourth-order valence-electron chi connectivity index (χ4n) is 1.63. The molecule has 0 spiro atoms. The number of halogens is 1. The van der Waals surface area contributed by atoms with Crippen LogP contribution >= 0.6 is 11.6 Å². The first kappa shape index (κ1) is 13.1. The molecule has 98 valence electrons. The molecular weight excluding hydrogens is 272 g/mol. The van der Waals surface area contributed by atoms with Gasteiger partial charge in [-0.1, -0.05) is 11.6 Å². The van der Waals surface area contributed by atoms with Crippen LogP contribution in [0.25, 0.3) is 5.69 Å². The van der Waals surface area contributed by atoms with Gasteiger partial charge in [0.1, 0.15) is 0 Å². The second-order valence-electron chi connectivity index (χ2n) is 3.86. The number of hydrogen-bond acceptors (Lipinski definition) is 4. The summed E-state index contributed by atoms with van der Waals surface area (Å²) in [4.78, 5) is 22.7. The molecule has 0 aliphatic rings. The van der Waals surface area contributed by atoms with Crippen LogP contribution in [-0.2, 0) is 0 Å². The Morgan fingerprint density at radius 2 is 2.05 bits per heavy atom. The van der Waals surface area contributed by atoms with Gasteiger partial charge in [-0.2, -0.15) is 9.78 Å². The van der Waals surface area contributed by atoms with E-state index >= 15 is 0 Å². The highest BCUT2D eigenvalue weighted by molar-refractivity contribution is 6.30. The van der Waals surface area contributed by atoms with Gasteiger partial charge in [-0.3, -0.25) is 4.79 Å². The van der Waals surface area contributed by atoms with Gasteiger partial charge < -0.3 is 10.2 Å². The molecular formula is C12H9ClN2O4. The maximum atomic E-state index is 11.8. The number of aryl methyl sites for hydroxylation is 1. The third kappa shape index (κ3) is 2.43. The quantitative estimate of drug-likeness (QED) is 0.871. The average Bonchev–Trinajstić information content (AvgIpc) is 2.30. The van der Waals surface area contributed by atoms with Crippen molar-refractivity contribution in [3.63, 3.8) is 0 Å². The lowest BCUT2D eigenvalue weighted by Crippen LogP contribution is -2.23. The first-order chi connectivity index (χ1) is 8.90. The van der Waals surface area contributed by atoms with Gasteiger partial charge in [0.25, 0.3) is 5.56 Å². The van der Waals surface area contributed by atoms with Crippen molar-refractivity contribution in [3.05, 3.63) is 50.9 Å². The molecule has 2 N–H and O–H groups in total. The standard InChI is InChI=1S/C12H9ClN2O4/c1-6-4-7(13)2-3-8(6)15-10(17)5-9(16)11(14-15)12(18)19/h2-5,16H,1H3,(H,18,19). The van der Waals surface area contributed by atoms with Crippen molar-refractivity contribution in [1.82, 2.24) is 9.78 Å². The zero-order valence-electron chi connectivity index (χ0n) is 9.79. The van der Waals surface area contributed by atoms with E-state index in [1.54, 1.807) is 25.1 Å². The third-order valence-electron chi connectivity index (χ3n) is 2.50. The average molecular weight is 281 g/mol. The monoisotopic (exact) mass is 280 g/mol. The zero-order chi connectivity index (χ0) is 14.2. The normalized spacial score (nSPS) is 10.4. The number of aromatic carboxylic acids is 1. The fourth-order valence-corrected chi connectivity index (χ4v) is 1.86. The van der Waals surface area contributed by atoms with Crippen LogP contribution in [0.3, 0.4) is 0 Å². The van der Waals surface area contributed by atoms with Gasteiger partial charge in [-0.15, -0.1) is 0 Å². The molecule has 1 aromatic heterocycles. The highest BCUT2D eigenvalue weighted by Crippen LogP contribution is 2.18. The Kier molecular flexibility index (Phi) is 3.26. The zero-order valence-corrected chi connectivity index (χ0v) is 10.5. The fraction of sp³-hybridized carbons (Fsp3) is 0.0833. The molecule has 0 aliphatic carbocycles. The maximum absolute atomic E-state index is 11.8. The van der Waals surface area contributed by atoms with Gasteiger partial charge in [0.15, 0.2) is 5.75 Å². The summed E-state index contributed by atoms with van der Waals surface area (Å²) in [6, 6.07) is 5.54. The lowest BCUT2D eigenvalue weighted by atomic mass is 10.2. The van der Waals surface area contributed by atoms with Crippen LogP contribution in [0.5, 0.6) is 5.75 Å². The summed E-state index contributed by atoms with van der Waals surface area (Å²) < 4.78 is 0.912. The SMILES string of the molecule is Cc1cc(Cl)ccc1-n1nc(C(=O)O)c(O)cc1=O. The van der Waals surface area contributed by atoms with Crippen LogP contribution in [0.2, 0.25) is 5.02 Å². The largest absolute Gasteiger partial charge is 0.505 e. The maximum Gasteiger partial charge on any atom is 0.360 e. The Labute approximate surface area is 112 Å². The van der Waals surface area contributed by atoms with E-state index in [0.29, 0.717) is 16.3 Å². The molecule has 0 unspecified atom stereocenters. The summed E-state index contributed by atoms with van der Waals surface area (Å²) in [6.45, 7) is 1.71. The van der Waals surface area contributed by atoms with E-state index in [1.807, 2.05) is 0 Å². The molecule has 0 atom stereocenters. The van der Waals surface area contributed by atoms with Crippen molar-refractivity contribution < 1.29 is 15.0 Å². The molecule has 0 amide bonds. The van der Waals surface area contributed by atoms with Crippen molar-refractivity contribution in [2.24, 2.45) is 0 Å². The summed E-state index contributed by atoms with van der Waals surface area (Å²) in [5.74, 6) is -2.08. The molecule has 2 aromatic rings. The molecule has 1 heterocycles. The summed E-state index contributed by atoms with van der Waals surface area (Å²) in [7, 11) is 0. The Bertz CT molecular complexity index is 724. The first-order valence-corrected chi connectivity index (χ1v) is 5.61. The van der Waals surface area contributed by atoms with Crippen molar-refractivity contribution in [3.8, 4) is 11.4 Å². The lowest BCUT2D eigenvalue weighted by Gasteiger charge is -2.09. The minimum absolute atomic E-state index is 0.400. The van der Waals surface area contributed by atoms with E-state index in [1.165, 1.54) is 0 Å². The van der Waals surface area contributed by atoms with E-state index in [2.05, 4.69) is 5.10 Å². The van der Waals surface area contributed by atoms with Gasteiger partial charge in [-0.05, 0) is 30.7 Å². The predicted octanol–water partition coefficient (Wildman–Crippen LogP) is 1.60. The second-order valence-corrected chi connectivity index (χ2v) is 4.30. The third-order valence-corrected chi connectivity index (χ3v) is 2.74. The minimum Gasteiger partial charge on any atom is -0.505 e. The van der Waals surface area contributed by atoms with E-state index in [9.17, 15) is 14.7 Å². The molecule has 0 fully saturated rings. The first-order valence-electron chi connectivity index (χ1n) is 5.23. The van der Waals surface area contributed by atoms with Gasteiger partial charge in [0.05, 0.1) is 5.69 Å². The number of nitrogens with zero attached hydrogens (tertiary/aromatic N) is 2. The molecule has 1 aromatic carbocycles. The van der Waals surface area contributed by atoms with Gasteiger partial charge in [-0.25, -0.2) is 4.79 Å². The van der Waals surface area contributed by atoms with E-state index in [0.717, 1.165) is 10.7 Å². The Morgan fingerprint density at radius 3 is 2.63 bits per heavy atom. The smallest absolute Gasteiger partial charge is 0.360 e. The Morgan fingerprint density at radius 1 is 1.37 bits per heavy atom. The van der Waals surface area contributed by atoms with Crippen molar-refractivity contribution in [2.75, 3.05) is 0 Å². The summed E-state index contributed by atoms with van der Waals surface area (Å²) in [5, 5.41) is 22.4. The number of carboxylic acid groups (broad SMARTS) is 1. The van der Waals surface area contributed by atoms with Crippen LogP contribution in [0.15, 0.2) is 29.1 Å². The molecule has 7 heteroatoms. The number of rotatable bonds is 2. The Hall–Kier alpha value is -2.34. The number of carboxylic acids is 1. The minimum atomic E-state index is -1.42. The molecule has 2 rings (SSSR count). The van der Waals surface area contributed by atoms with Crippen molar-refractivity contribution in [2.45, 2.75) is 6.92 Å². The lowest BCUT2D eigenvalue weighted by molar-refractivity contribution is 0.0684. The molecule has 19 heavy (non-hydrogen) atoms. The van der Waals surface area contributed by atoms with Crippen molar-refractivity contribution in [1.29, 1.82) is 0 Å². The number of carbonyl (C=O) groups is 1. The van der Waals surface area contributed by atoms with Crippen LogP contribution < -0.4 is 5.56 Å². The highest BCUT2D eigenvalue weighted by atomic mass is 35.5. The predicted molar refractivity (Wildman–Crippen MR) is 68.2 cm³/mol. The summed E-state index contributed by atoms with van der Waals surface area (Å²) in [5.41, 5.74) is -0.164. The molecule has 6 nitrogen and oxygen atoms in total. The van der Waals surface area contributed by atoms with Crippen LogP contribution in [0.1, 0.15) is 16.1 Å². The summed E-state index contributed by atoms with van der Waals surface area (Å²) in [6.07, 6.45) is 0. The number of aromatic nitrogens is 2. The van der Waals surface area contributed by atoms with E-state index in [4.69, 9.17) is 16.7 Å². The van der Waals surface area contributed by atoms with Gasteiger partial charge in [0, 0.05) is 11.1 Å². The Balaban J connectivity index is 2.72. The van der Waals surface area contributed by atoms with Crippen LogP contribution in [0, 0.1) is 6.92 Å². The van der Waals surface area contributed by atoms with Gasteiger partial charge in [0.2, 0.25) is 5.69 Å². The van der Waals surface area contributed by atoms with Crippen molar-refractivity contribution >= 4 is 17.6 Å². The number of benzene rings is 1. The highest BCUT2D eigenvalue weighted by Gasteiger charge is 2.16. The van der Waals surface area contributed by atoms with Gasteiger partial charge >= 0.3 is 5.97 Å². The molecule has 0 saturated carbocycles. The number of aromatic hydroxyl groups is 1. The molecule has 0 bridgehead atoms. The van der Waals surface area contributed by atoms with E-state index in [-0.39, 0.29) is 0 Å².